The van der Waals surface area contributed by atoms with Crippen molar-refractivity contribution in [3.05, 3.63) is 52.4 Å². The second-order valence-corrected chi connectivity index (χ2v) is 4.97. The Kier molecular flexibility index (Phi) is 4.23. The van der Waals surface area contributed by atoms with Crippen molar-refractivity contribution in [2.75, 3.05) is 0 Å². The lowest BCUT2D eigenvalue weighted by Crippen LogP contribution is -2.28. The number of benzene rings is 1. The summed E-state index contributed by atoms with van der Waals surface area (Å²) in [6.45, 7) is 7.76. The molecule has 0 radical (unpaired) electrons. The van der Waals surface area contributed by atoms with Crippen molar-refractivity contribution in [2.24, 2.45) is 0 Å². The summed E-state index contributed by atoms with van der Waals surface area (Å²) in [7, 11) is 0. The van der Waals surface area contributed by atoms with Crippen molar-refractivity contribution in [1.29, 1.82) is 0 Å². The molecule has 1 aromatic carbocycles. The smallest absolute Gasteiger partial charge is 0.257 e. The summed E-state index contributed by atoms with van der Waals surface area (Å²) in [6.07, 6.45) is 0.655. The van der Waals surface area contributed by atoms with Crippen LogP contribution < -0.4 is 5.32 Å². The maximum atomic E-state index is 12.4. The summed E-state index contributed by atoms with van der Waals surface area (Å²) >= 11 is 0. The van der Waals surface area contributed by atoms with Gasteiger partial charge in [-0.2, -0.15) is 0 Å². The van der Waals surface area contributed by atoms with Gasteiger partial charge < -0.3 is 9.84 Å². The Balaban J connectivity index is 2.20. The van der Waals surface area contributed by atoms with Crippen molar-refractivity contribution < 1.29 is 9.32 Å². The van der Waals surface area contributed by atoms with Gasteiger partial charge in [-0.25, -0.2) is 0 Å². The zero-order valence-electron chi connectivity index (χ0n) is 12.4. The maximum absolute atomic E-state index is 12.4. The molecule has 0 fully saturated rings. The summed E-state index contributed by atoms with van der Waals surface area (Å²) in [5.74, 6) is 0.508. The first-order valence-electron chi connectivity index (χ1n) is 6.86. The number of rotatable bonds is 4. The molecule has 0 saturated heterocycles. The van der Waals surface area contributed by atoms with Crippen molar-refractivity contribution in [3.63, 3.8) is 0 Å². The van der Waals surface area contributed by atoms with E-state index in [1.54, 1.807) is 6.92 Å². The topological polar surface area (TPSA) is 55.1 Å². The molecule has 20 heavy (non-hydrogen) atoms. The minimum absolute atomic E-state index is 0.0530. The Hall–Kier alpha value is -2.10. The Morgan fingerprint density at radius 3 is 2.70 bits per heavy atom. The van der Waals surface area contributed by atoms with Crippen LogP contribution in [0.1, 0.15) is 52.8 Å². The standard InChI is InChI=1S/C16H20N2O2/c1-5-14-15(12(4)18-20-14)16(19)17-11(3)13-9-7-6-8-10(13)2/h6-9,11H,5H2,1-4H3,(H,17,19). The molecule has 0 bridgehead atoms. The molecular weight excluding hydrogens is 252 g/mol. The first kappa shape index (κ1) is 14.3. The third kappa shape index (κ3) is 2.74. The molecule has 4 heteroatoms. The maximum Gasteiger partial charge on any atom is 0.257 e. The van der Waals surface area contributed by atoms with E-state index in [0.29, 0.717) is 23.4 Å². The quantitative estimate of drug-likeness (QED) is 0.928. The fourth-order valence-electron chi connectivity index (χ4n) is 2.37. The Morgan fingerprint density at radius 2 is 2.05 bits per heavy atom. The van der Waals surface area contributed by atoms with Gasteiger partial charge in [-0.05, 0) is 31.9 Å². The lowest BCUT2D eigenvalue weighted by Gasteiger charge is -2.16. The molecule has 0 aliphatic carbocycles. The first-order chi connectivity index (χ1) is 9.54. The van der Waals surface area contributed by atoms with Crippen LogP contribution in [-0.4, -0.2) is 11.1 Å². The largest absolute Gasteiger partial charge is 0.360 e. The van der Waals surface area contributed by atoms with Gasteiger partial charge in [0.1, 0.15) is 11.3 Å². The molecule has 1 N–H and O–H groups in total. The zero-order chi connectivity index (χ0) is 14.7. The highest BCUT2D eigenvalue weighted by molar-refractivity contribution is 5.96. The van der Waals surface area contributed by atoms with Crippen molar-refractivity contribution in [2.45, 2.75) is 40.2 Å². The summed E-state index contributed by atoms with van der Waals surface area (Å²) in [5.41, 5.74) is 3.48. The number of carbonyl (C=O) groups is 1. The van der Waals surface area contributed by atoms with E-state index in [0.717, 1.165) is 11.1 Å². The van der Waals surface area contributed by atoms with Crippen LogP contribution in [0.3, 0.4) is 0 Å². The normalized spacial score (nSPS) is 12.2. The molecule has 1 heterocycles. The number of aryl methyl sites for hydroxylation is 3. The molecule has 0 aliphatic rings. The molecule has 2 aromatic rings. The summed E-state index contributed by atoms with van der Waals surface area (Å²) < 4.78 is 5.17. The fraction of sp³-hybridized carbons (Fsp3) is 0.375. The third-order valence-corrected chi connectivity index (χ3v) is 3.48. The van der Waals surface area contributed by atoms with Crippen LogP contribution in [0.4, 0.5) is 0 Å². The van der Waals surface area contributed by atoms with Crippen LogP contribution in [0.15, 0.2) is 28.8 Å². The molecule has 1 aromatic heterocycles. The van der Waals surface area contributed by atoms with E-state index in [4.69, 9.17) is 4.52 Å². The molecule has 1 atom stereocenters. The minimum Gasteiger partial charge on any atom is -0.360 e. The highest BCUT2D eigenvalue weighted by atomic mass is 16.5. The van der Waals surface area contributed by atoms with Crippen LogP contribution in [0.2, 0.25) is 0 Å². The number of carbonyl (C=O) groups excluding carboxylic acids is 1. The molecular formula is C16H20N2O2. The highest BCUT2D eigenvalue weighted by Crippen LogP contribution is 2.19. The van der Waals surface area contributed by atoms with Crippen LogP contribution in [0.5, 0.6) is 0 Å². The Bertz CT molecular complexity index is 617. The molecule has 4 nitrogen and oxygen atoms in total. The van der Waals surface area contributed by atoms with Gasteiger partial charge in [0.05, 0.1) is 11.7 Å². The molecule has 0 spiro atoms. The lowest BCUT2D eigenvalue weighted by molar-refractivity contribution is 0.0937. The van der Waals surface area contributed by atoms with Crippen LogP contribution in [0.25, 0.3) is 0 Å². The Morgan fingerprint density at radius 1 is 1.35 bits per heavy atom. The molecule has 106 valence electrons. The number of aromatic nitrogens is 1. The average molecular weight is 272 g/mol. The molecule has 1 amide bonds. The van der Waals surface area contributed by atoms with E-state index < -0.39 is 0 Å². The lowest BCUT2D eigenvalue weighted by atomic mass is 10.0. The van der Waals surface area contributed by atoms with Gasteiger partial charge in [-0.15, -0.1) is 0 Å². The van der Waals surface area contributed by atoms with E-state index in [-0.39, 0.29) is 11.9 Å². The van der Waals surface area contributed by atoms with Gasteiger partial charge in [0.2, 0.25) is 0 Å². The highest BCUT2D eigenvalue weighted by Gasteiger charge is 2.21. The van der Waals surface area contributed by atoms with Gasteiger partial charge in [0.15, 0.2) is 0 Å². The molecule has 2 rings (SSSR count). The molecule has 1 unspecified atom stereocenters. The minimum atomic E-state index is -0.128. The van der Waals surface area contributed by atoms with E-state index in [1.165, 1.54) is 0 Å². The average Bonchev–Trinajstić information content (AvgIpc) is 2.80. The van der Waals surface area contributed by atoms with Crippen molar-refractivity contribution in [1.82, 2.24) is 10.5 Å². The SMILES string of the molecule is CCc1onc(C)c1C(=O)NC(C)c1ccccc1C. The zero-order valence-corrected chi connectivity index (χ0v) is 12.4. The first-order valence-corrected chi connectivity index (χ1v) is 6.86. The van der Waals surface area contributed by atoms with Gasteiger partial charge >= 0.3 is 0 Å². The van der Waals surface area contributed by atoms with Crippen LogP contribution in [0, 0.1) is 13.8 Å². The number of amides is 1. The second-order valence-electron chi connectivity index (χ2n) is 4.97. The van der Waals surface area contributed by atoms with Gasteiger partial charge in [0.25, 0.3) is 5.91 Å². The predicted octanol–water partition coefficient (Wildman–Crippen LogP) is 3.34. The summed E-state index contributed by atoms with van der Waals surface area (Å²) in [4.78, 5) is 12.4. The van der Waals surface area contributed by atoms with Crippen LogP contribution >= 0.6 is 0 Å². The van der Waals surface area contributed by atoms with E-state index in [9.17, 15) is 4.79 Å². The van der Waals surface area contributed by atoms with E-state index in [1.807, 2.05) is 45.0 Å². The second kappa shape index (κ2) is 5.90. The monoisotopic (exact) mass is 272 g/mol. The molecule has 0 saturated carbocycles. The van der Waals surface area contributed by atoms with Crippen molar-refractivity contribution >= 4 is 5.91 Å². The number of hydrogen-bond acceptors (Lipinski definition) is 3. The molecule has 0 aliphatic heterocycles. The number of hydrogen-bond donors (Lipinski definition) is 1. The number of nitrogens with one attached hydrogen (secondary N) is 1. The van der Waals surface area contributed by atoms with Crippen molar-refractivity contribution in [3.8, 4) is 0 Å². The Labute approximate surface area is 119 Å². The van der Waals surface area contributed by atoms with Gasteiger partial charge in [-0.1, -0.05) is 36.3 Å². The van der Waals surface area contributed by atoms with E-state index >= 15 is 0 Å². The van der Waals surface area contributed by atoms with E-state index in [2.05, 4.69) is 10.5 Å². The summed E-state index contributed by atoms with van der Waals surface area (Å²) in [6, 6.07) is 7.99. The summed E-state index contributed by atoms with van der Waals surface area (Å²) in [5, 5.41) is 6.89. The predicted molar refractivity (Wildman–Crippen MR) is 77.7 cm³/mol. The fourth-order valence-corrected chi connectivity index (χ4v) is 2.37. The van der Waals surface area contributed by atoms with Gasteiger partial charge in [-0.3, -0.25) is 4.79 Å². The third-order valence-electron chi connectivity index (χ3n) is 3.48. The number of nitrogens with zero attached hydrogens (tertiary/aromatic N) is 1. The van der Waals surface area contributed by atoms with Gasteiger partial charge in [0, 0.05) is 6.42 Å². The van der Waals surface area contributed by atoms with Crippen LogP contribution in [-0.2, 0) is 6.42 Å².